The van der Waals surface area contributed by atoms with Gasteiger partial charge in [-0.15, -0.1) is 0 Å². The van der Waals surface area contributed by atoms with Crippen LogP contribution in [-0.2, 0) is 16.0 Å². The van der Waals surface area contributed by atoms with Crippen LogP contribution in [0.2, 0.25) is 5.02 Å². The van der Waals surface area contributed by atoms with Gasteiger partial charge < -0.3 is 14.2 Å². The maximum absolute atomic E-state index is 13.1. The molecule has 10 heteroatoms. The highest BCUT2D eigenvalue weighted by molar-refractivity contribution is 9.10. The van der Waals surface area contributed by atoms with Crippen molar-refractivity contribution in [1.82, 2.24) is 9.66 Å². The van der Waals surface area contributed by atoms with Crippen LogP contribution in [0.3, 0.4) is 0 Å². The summed E-state index contributed by atoms with van der Waals surface area (Å²) in [6.45, 7) is 5.62. The minimum atomic E-state index is -0.875. The van der Waals surface area contributed by atoms with E-state index < -0.39 is 12.1 Å². The Morgan fingerprint density at radius 3 is 2.73 bits per heavy atom. The first-order valence-corrected chi connectivity index (χ1v) is 11.4. The molecule has 1 heterocycles. The fourth-order valence-corrected chi connectivity index (χ4v) is 3.72. The van der Waals surface area contributed by atoms with Crippen molar-refractivity contribution in [3.8, 4) is 11.5 Å². The highest BCUT2D eigenvalue weighted by atomic mass is 79.9. The third kappa shape index (κ3) is 5.54. The summed E-state index contributed by atoms with van der Waals surface area (Å²) in [5.74, 6) is 0.540. The quantitative estimate of drug-likeness (QED) is 0.309. The van der Waals surface area contributed by atoms with Crippen LogP contribution in [0.5, 0.6) is 11.5 Å². The number of aromatic nitrogens is 2. The molecule has 1 aromatic heterocycles. The molecule has 0 saturated heterocycles. The van der Waals surface area contributed by atoms with Gasteiger partial charge in [-0.1, -0.05) is 34.5 Å². The smallest absolute Gasteiger partial charge is 0.346 e. The first-order valence-electron chi connectivity index (χ1n) is 10.2. The lowest BCUT2D eigenvalue weighted by atomic mass is 10.2. The zero-order chi connectivity index (χ0) is 24.1. The van der Waals surface area contributed by atoms with Gasteiger partial charge in [0.25, 0.3) is 5.56 Å². The Morgan fingerprint density at radius 2 is 2.06 bits per heavy atom. The third-order valence-electron chi connectivity index (χ3n) is 4.67. The maximum atomic E-state index is 13.1. The first-order chi connectivity index (χ1) is 15.8. The van der Waals surface area contributed by atoms with E-state index in [2.05, 4.69) is 26.0 Å². The maximum Gasteiger partial charge on any atom is 0.346 e. The fourth-order valence-electron chi connectivity index (χ4n) is 3.10. The van der Waals surface area contributed by atoms with Crippen LogP contribution >= 0.6 is 27.5 Å². The van der Waals surface area contributed by atoms with Crippen molar-refractivity contribution in [1.29, 1.82) is 0 Å². The van der Waals surface area contributed by atoms with Crippen LogP contribution in [0.15, 0.2) is 44.7 Å². The summed E-state index contributed by atoms with van der Waals surface area (Å²) >= 11 is 9.81. The number of halogens is 2. The van der Waals surface area contributed by atoms with E-state index in [4.69, 9.17) is 25.8 Å². The molecule has 3 aromatic rings. The van der Waals surface area contributed by atoms with E-state index in [0.29, 0.717) is 41.1 Å². The summed E-state index contributed by atoms with van der Waals surface area (Å²) < 4.78 is 18.1. The average molecular weight is 537 g/mol. The number of rotatable bonds is 8. The Hall–Kier alpha value is -2.91. The lowest BCUT2D eigenvalue weighted by Crippen LogP contribution is -2.25. The average Bonchev–Trinajstić information content (AvgIpc) is 2.80. The molecular weight excluding hydrogens is 514 g/mol. The molecule has 0 saturated carbocycles. The van der Waals surface area contributed by atoms with Crippen molar-refractivity contribution < 1.29 is 19.0 Å². The molecule has 0 bridgehead atoms. The molecule has 0 spiro atoms. The van der Waals surface area contributed by atoms with Crippen molar-refractivity contribution >= 4 is 50.6 Å². The van der Waals surface area contributed by atoms with Gasteiger partial charge in [0.05, 0.1) is 35.9 Å². The summed E-state index contributed by atoms with van der Waals surface area (Å²) in [7, 11) is 1.28. The van der Waals surface area contributed by atoms with Gasteiger partial charge in [0.1, 0.15) is 5.82 Å². The Balaban J connectivity index is 2.03. The van der Waals surface area contributed by atoms with Gasteiger partial charge in [-0.3, -0.25) is 4.79 Å². The fraction of sp³-hybridized carbons (Fsp3) is 0.304. The number of hydrogen-bond acceptors (Lipinski definition) is 7. The number of esters is 1. The second-order valence-corrected chi connectivity index (χ2v) is 8.27. The van der Waals surface area contributed by atoms with Gasteiger partial charge in [-0.2, -0.15) is 9.78 Å². The molecule has 0 fully saturated rings. The van der Waals surface area contributed by atoms with Gasteiger partial charge in [0.2, 0.25) is 0 Å². The molecule has 2 aromatic carbocycles. The van der Waals surface area contributed by atoms with Gasteiger partial charge in [0, 0.05) is 10.9 Å². The van der Waals surface area contributed by atoms with Crippen LogP contribution in [-0.4, -0.2) is 41.7 Å². The molecule has 0 aliphatic heterocycles. The molecule has 174 valence electrons. The monoisotopic (exact) mass is 535 g/mol. The predicted octanol–water partition coefficient (Wildman–Crippen LogP) is 4.60. The SMILES string of the molecule is CCOc1cc(C=Nn2c(CC)nc3ccc(Br)cc3c2=O)cc(Cl)c1O[C@H](C)C(=O)OC. The second-order valence-electron chi connectivity index (χ2n) is 6.95. The summed E-state index contributed by atoms with van der Waals surface area (Å²) in [6, 6.07) is 8.61. The van der Waals surface area contributed by atoms with E-state index in [1.807, 2.05) is 19.9 Å². The highest BCUT2D eigenvalue weighted by Gasteiger charge is 2.20. The lowest BCUT2D eigenvalue weighted by Gasteiger charge is -2.17. The Bertz CT molecular complexity index is 1280. The number of nitrogens with zero attached hydrogens (tertiary/aromatic N) is 3. The molecule has 1 atom stereocenters. The molecule has 0 aliphatic carbocycles. The van der Waals surface area contributed by atoms with Crippen molar-refractivity contribution in [2.75, 3.05) is 13.7 Å². The molecule has 0 aliphatic rings. The molecular formula is C23H23BrClN3O5. The highest BCUT2D eigenvalue weighted by Crippen LogP contribution is 2.37. The van der Waals surface area contributed by atoms with Crippen LogP contribution in [0.1, 0.15) is 32.2 Å². The molecule has 33 heavy (non-hydrogen) atoms. The van der Waals surface area contributed by atoms with Crippen molar-refractivity contribution in [2.24, 2.45) is 5.10 Å². The minimum Gasteiger partial charge on any atom is -0.490 e. The van der Waals surface area contributed by atoms with Crippen molar-refractivity contribution in [3.05, 3.63) is 61.6 Å². The number of methoxy groups -OCH3 is 1. The van der Waals surface area contributed by atoms with Gasteiger partial charge in [-0.25, -0.2) is 9.78 Å². The van der Waals surface area contributed by atoms with E-state index in [9.17, 15) is 9.59 Å². The van der Waals surface area contributed by atoms with Crippen molar-refractivity contribution in [2.45, 2.75) is 33.3 Å². The predicted molar refractivity (Wildman–Crippen MR) is 131 cm³/mol. The Labute approximate surface area is 204 Å². The van der Waals surface area contributed by atoms with Gasteiger partial charge in [-0.05, 0) is 49.7 Å². The summed E-state index contributed by atoms with van der Waals surface area (Å²) in [5.41, 5.74) is 0.900. The van der Waals surface area contributed by atoms with Crippen LogP contribution < -0.4 is 15.0 Å². The zero-order valence-electron chi connectivity index (χ0n) is 18.6. The van der Waals surface area contributed by atoms with E-state index in [-0.39, 0.29) is 16.3 Å². The summed E-state index contributed by atoms with van der Waals surface area (Å²) in [6.07, 6.45) is 1.13. The Morgan fingerprint density at radius 1 is 1.30 bits per heavy atom. The van der Waals surface area contributed by atoms with Crippen LogP contribution in [0, 0.1) is 0 Å². The molecule has 0 amide bonds. The van der Waals surface area contributed by atoms with Gasteiger partial charge in [0.15, 0.2) is 17.6 Å². The van der Waals surface area contributed by atoms with E-state index in [1.54, 1.807) is 31.2 Å². The van der Waals surface area contributed by atoms with E-state index in [1.165, 1.54) is 18.0 Å². The number of benzene rings is 2. The number of aryl methyl sites for hydroxylation is 1. The molecule has 0 radical (unpaired) electrons. The number of fused-ring (bicyclic) bond motifs is 1. The van der Waals surface area contributed by atoms with Crippen LogP contribution in [0.25, 0.3) is 10.9 Å². The lowest BCUT2D eigenvalue weighted by molar-refractivity contribution is -0.147. The molecule has 3 rings (SSSR count). The molecule has 0 N–H and O–H groups in total. The summed E-state index contributed by atoms with van der Waals surface area (Å²) in [5, 5.41) is 5.05. The van der Waals surface area contributed by atoms with E-state index in [0.717, 1.165) is 4.47 Å². The zero-order valence-corrected chi connectivity index (χ0v) is 20.9. The molecule has 8 nitrogen and oxygen atoms in total. The largest absolute Gasteiger partial charge is 0.490 e. The topological polar surface area (TPSA) is 92.0 Å². The van der Waals surface area contributed by atoms with E-state index >= 15 is 0 Å². The normalized spacial score (nSPS) is 12.2. The number of ether oxygens (including phenoxy) is 3. The molecule has 0 unspecified atom stereocenters. The number of hydrogen-bond donors (Lipinski definition) is 0. The summed E-state index contributed by atoms with van der Waals surface area (Å²) in [4.78, 5) is 29.4. The van der Waals surface area contributed by atoms with Crippen molar-refractivity contribution in [3.63, 3.8) is 0 Å². The number of carbonyl (C=O) groups is 1. The third-order valence-corrected chi connectivity index (χ3v) is 5.45. The standard InChI is InChI=1S/C23H23BrClN3O5/c1-5-20-27-18-8-7-15(24)11-16(18)22(29)28(20)26-12-14-9-17(25)21(19(10-14)32-6-2)33-13(3)23(30)31-4/h7-13H,5-6H2,1-4H3/t13-/m1/s1. The minimum absolute atomic E-state index is 0.220. The van der Waals surface area contributed by atoms with Crippen LogP contribution in [0.4, 0.5) is 0 Å². The second kappa shape index (κ2) is 10.8. The van der Waals surface area contributed by atoms with Gasteiger partial charge >= 0.3 is 5.97 Å². The Kier molecular flexibility index (Phi) is 8.10. The number of carbonyl (C=O) groups excluding carboxylic acids is 1. The first kappa shape index (κ1) is 24.7.